The van der Waals surface area contributed by atoms with Gasteiger partial charge in [-0.15, -0.1) is 0 Å². The van der Waals surface area contributed by atoms with Gasteiger partial charge in [0.15, 0.2) is 5.82 Å². The number of nitrogens with zero attached hydrogens (tertiary/aromatic N) is 6. The summed E-state index contributed by atoms with van der Waals surface area (Å²) in [5, 5.41) is 3.22. The number of hydrogen-bond donors (Lipinski definition) is 1. The summed E-state index contributed by atoms with van der Waals surface area (Å²) in [5.74, 6) is 0.738. The lowest BCUT2D eigenvalue weighted by Crippen LogP contribution is -2.60. The lowest BCUT2D eigenvalue weighted by Gasteiger charge is -2.52. The summed E-state index contributed by atoms with van der Waals surface area (Å²) in [5.41, 5.74) is 2.00. The first-order valence-corrected chi connectivity index (χ1v) is 10.1. The third kappa shape index (κ3) is 3.26. The van der Waals surface area contributed by atoms with Crippen LogP contribution in [0.1, 0.15) is 19.3 Å². The molecule has 0 radical (unpaired) electrons. The van der Waals surface area contributed by atoms with Gasteiger partial charge in [0.05, 0.1) is 11.2 Å². The van der Waals surface area contributed by atoms with Crippen LogP contribution in [0.5, 0.6) is 0 Å². The van der Waals surface area contributed by atoms with Crippen molar-refractivity contribution in [2.24, 2.45) is 0 Å². The molecular formula is C20H21ClFN7. The number of benzene rings is 1. The summed E-state index contributed by atoms with van der Waals surface area (Å²) < 4.78 is 13.5. The average molecular weight is 414 g/mol. The number of piperidine rings is 3. The molecule has 29 heavy (non-hydrogen) atoms. The monoisotopic (exact) mass is 413 g/mol. The summed E-state index contributed by atoms with van der Waals surface area (Å²) >= 11 is 5.90. The zero-order chi connectivity index (χ0) is 20.0. The number of rotatable bonds is 4. The van der Waals surface area contributed by atoms with Crippen LogP contribution in [0.4, 0.5) is 21.8 Å². The van der Waals surface area contributed by atoms with Crippen LogP contribution in [0, 0.1) is 5.82 Å². The number of aromatic nitrogens is 4. The lowest BCUT2D eigenvalue weighted by atomic mass is 9.79. The Labute approximate surface area is 172 Å². The van der Waals surface area contributed by atoms with Crippen molar-refractivity contribution in [3.8, 4) is 0 Å². The molecule has 0 amide bonds. The third-order valence-corrected chi connectivity index (χ3v) is 6.53. The molecule has 3 aliphatic rings. The van der Waals surface area contributed by atoms with Crippen LogP contribution in [0.15, 0.2) is 30.7 Å². The first-order valence-electron chi connectivity index (χ1n) is 9.70. The third-order valence-electron chi connectivity index (χ3n) is 6.24. The summed E-state index contributed by atoms with van der Waals surface area (Å²) in [6.07, 6.45) is 6.55. The van der Waals surface area contributed by atoms with Gasteiger partial charge in [-0.3, -0.25) is 0 Å². The van der Waals surface area contributed by atoms with Gasteiger partial charge in [-0.1, -0.05) is 11.6 Å². The van der Waals surface area contributed by atoms with Crippen molar-refractivity contribution in [1.29, 1.82) is 0 Å². The average Bonchev–Trinajstić information content (AvgIpc) is 2.77. The SMILES string of the molecule is CN(c1ncc2ncnc(Nc3ccc(F)c(Cl)c3)c2n1)C12CCN(CC1)CC2. The van der Waals surface area contributed by atoms with Gasteiger partial charge < -0.3 is 15.1 Å². The first kappa shape index (κ1) is 18.4. The van der Waals surface area contributed by atoms with Crippen LogP contribution in [-0.4, -0.2) is 57.1 Å². The minimum Gasteiger partial charge on any atom is -0.338 e. The van der Waals surface area contributed by atoms with Crippen LogP contribution in [0.25, 0.3) is 11.0 Å². The zero-order valence-corrected chi connectivity index (χ0v) is 16.8. The molecule has 1 N–H and O–H groups in total. The van der Waals surface area contributed by atoms with Crippen molar-refractivity contribution in [3.05, 3.63) is 41.6 Å². The maximum atomic E-state index is 13.5. The van der Waals surface area contributed by atoms with Crippen LogP contribution in [0.3, 0.4) is 0 Å². The highest BCUT2D eigenvalue weighted by molar-refractivity contribution is 6.31. The predicted molar refractivity (Wildman–Crippen MR) is 111 cm³/mol. The van der Waals surface area contributed by atoms with Crippen molar-refractivity contribution >= 4 is 40.1 Å². The molecule has 0 unspecified atom stereocenters. The molecule has 3 aliphatic heterocycles. The van der Waals surface area contributed by atoms with E-state index in [1.54, 1.807) is 12.3 Å². The highest BCUT2D eigenvalue weighted by Gasteiger charge is 2.43. The van der Waals surface area contributed by atoms with Gasteiger partial charge in [-0.25, -0.2) is 24.3 Å². The van der Waals surface area contributed by atoms with E-state index in [1.165, 1.54) is 18.5 Å². The number of anilines is 3. The molecule has 0 atom stereocenters. The Morgan fingerprint density at radius 1 is 1.14 bits per heavy atom. The highest BCUT2D eigenvalue weighted by atomic mass is 35.5. The summed E-state index contributed by atoms with van der Waals surface area (Å²) in [6.45, 7) is 3.37. The number of fused-ring (bicyclic) bond motifs is 4. The fraction of sp³-hybridized carbons (Fsp3) is 0.400. The maximum Gasteiger partial charge on any atom is 0.226 e. The van der Waals surface area contributed by atoms with Crippen LogP contribution in [0.2, 0.25) is 5.02 Å². The fourth-order valence-electron chi connectivity index (χ4n) is 4.33. The Kier molecular flexibility index (Phi) is 4.48. The number of halogens is 2. The van der Waals surface area contributed by atoms with E-state index in [0.29, 0.717) is 28.5 Å². The Morgan fingerprint density at radius 2 is 1.90 bits per heavy atom. The van der Waals surface area contributed by atoms with Crippen molar-refractivity contribution in [1.82, 2.24) is 24.8 Å². The molecule has 5 heterocycles. The Hall–Kier alpha value is -2.58. The minimum atomic E-state index is -0.464. The van der Waals surface area contributed by atoms with Gasteiger partial charge in [-0.05, 0) is 37.5 Å². The topological polar surface area (TPSA) is 70.1 Å². The van der Waals surface area contributed by atoms with E-state index in [0.717, 1.165) is 38.9 Å². The number of hydrogen-bond acceptors (Lipinski definition) is 7. The van der Waals surface area contributed by atoms with E-state index in [1.807, 2.05) is 0 Å². The molecule has 2 bridgehead atoms. The van der Waals surface area contributed by atoms with E-state index < -0.39 is 5.82 Å². The van der Waals surface area contributed by atoms with Gasteiger partial charge in [-0.2, -0.15) is 0 Å². The molecule has 0 aliphatic carbocycles. The molecule has 1 aromatic carbocycles. The molecule has 2 aromatic heterocycles. The first-order chi connectivity index (χ1) is 14.0. The molecule has 9 heteroatoms. The largest absolute Gasteiger partial charge is 0.338 e. The molecular weight excluding hydrogens is 393 g/mol. The minimum absolute atomic E-state index is 0.0474. The molecule has 3 fully saturated rings. The second kappa shape index (κ2) is 7.03. The van der Waals surface area contributed by atoms with Gasteiger partial charge in [0, 0.05) is 37.9 Å². The van der Waals surface area contributed by atoms with Gasteiger partial charge >= 0.3 is 0 Å². The van der Waals surface area contributed by atoms with Gasteiger partial charge in [0.1, 0.15) is 23.2 Å². The second-order valence-corrected chi connectivity index (χ2v) is 8.16. The molecule has 150 valence electrons. The van der Waals surface area contributed by atoms with E-state index in [2.05, 4.69) is 37.1 Å². The van der Waals surface area contributed by atoms with Crippen molar-refractivity contribution < 1.29 is 4.39 Å². The molecule has 0 saturated carbocycles. The second-order valence-electron chi connectivity index (χ2n) is 7.76. The molecule has 3 aromatic rings. The molecule has 3 saturated heterocycles. The van der Waals surface area contributed by atoms with Crippen LogP contribution in [-0.2, 0) is 0 Å². The van der Waals surface area contributed by atoms with E-state index >= 15 is 0 Å². The highest BCUT2D eigenvalue weighted by Crippen LogP contribution is 2.38. The van der Waals surface area contributed by atoms with Gasteiger partial charge in [0.25, 0.3) is 0 Å². The molecule has 0 spiro atoms. The Balaban J connectivity index is 1.50. The van der Waals surface area contributed by atoms with E-state index in [4.69, 9.17) is 16.6 Å². The van der Waals surface area contributed by atoms with E-state index in [9.17, 15) is 4.39 Å². The lowest BCUT2D eigenvalue weighted by molar-refractivity contribution is 0.0825. The molecule has 6 rings (SSSR count). The van der Waals surface area contributed by atoms with Crippen LogP contribution < -0.4 is 10.2 Å². The Bertz CT molecular complexity index is 1050. The fourth-order valence-corrected chi connectivity index (χ4v) is 4.51. The van der Waals surface area contributed by atoms with Crippen LogP contribution >= 0.6 is 11.6 Å². The van der Waals surface area contributed by atoms with Crippen molar-refractivity contribution in [3.63, 3.8) is 0 Å². The predicted octanol–water partition coefficient (Wildman–Crippen LogP) is 3.63. The summed E-state index contributed by atoms with van der Waals surface area (Å²) in [4.78, 5) is 22.8. The summed E-state index contributed by atoms with van der Waals surface area (Å²) in [7, 11) is 2.08. The summed E-state index contributed by atoms with van der Waals surface area (Å²) in [6, 6.07) is 4.45. The van der Waals surface area contributed by atoms with Gasteiger partial charge in [0.2, 0.25) is 5.95 Å². The zero-order valence-electron chi connectivity index (χ0n) is 16.1. The number of nitrogens with one attached hydrogen (secondary N) is 1. The molecule has 7 nitrogen and oxygen atoms in total. The maximum absolute atomic E-state index is 13.5. The normalized spacial score (nSPS) is 23.3. The quantitative estimate of drug-likeness (QED) is 0.700. The smallest absolute Gasteiger partial charge is 0.226 e. The standard InChI is InChI=1S/C20H21ClFN7/c1-28(20-4-7-29(8-5-20)9-6-20)19-23-11-16-17(27-19)18(25-12-24-16)26-13-2-3-15(22)14(21)10-13/h2-3,10-12H,4-9H2,1H3,(H,24,25,26). The van der Waals surface area contributed by atoms with Crippen molar-refractivity contribution in [2.45, 2.75) is 24.8 Å². The van der Waals surface area contributed by atoms with E-state index in [-0.39, 0.29) is 10.6 Å². The Morgan fingerprint density at radius 3 is 2.62 bits per heavy atom. The van der Waals surface area contributed by atoms with Crippen molar-refractivity contribution in [2.75, 3.05) is 36.9 Å².